The van der Waals surface area contributed by atoms with Crippen molar-refractivity contribution in [2.45, 2.75) is 24.7 Å². The lowest BCUT2D eigenvalue weighted by molar-refractivity contribution is 0.111. The Morgan fingerprint density at radius 1 is 1.15 bits per heavy atom. The quantitative estimate of drug-likeness (QED) is 0.756. The summed E-state index contributed by atoms with van der Waals surface area (Å²) >= 11 is 1.84. The van der Waals surface area contributed by atoms with Gasteiger partial charge < -0.3 is 15.0 Å². The minimum atomic E-state index is 0.0349. The molecule has 1 saturated heterocycles. The molecule has 1 aliphatic rings. The highest BCUT2D eigenvalue weighted by molar-refractivity contribution is 7.98. The number of amides is 2. The number of benzene rings is 1. The molecule has 0 atom stereocenters. The molecule has 1 aromatic heterocycles. The summed E-state index contributed by atoms with van der Waals surface area (Å²) in [5, 5.41) is 3.02. The smallest absolute Gasteiger partial charge is 0.317 e. The van der Waals surface area contributed by atoms with Gasteiger partial charge in [0, 0.05) is 56.4 Å². The normalized spacial score (nSPS) is 14.8. The topological polar surface area (TPSA) is 54.5 Å². The summed E-state index contributed by atoms with van der Waals surface area (Å²) in [6.07, 6.45) is 5.35. The van der Waals surface area contributed by atoms with Crippen LogP contribution in [0.2, 0.25) is 0 Å². The third kappa shape index (κ3) is 5.95. The SMILES string of the molecule is O=C(NCCSCc1ccccc1)N1CCC(Oc2ccncc2)CC1. The van der Waals surface area contributed by atoms with Gasteiger partial charge in [-0.05, 0) is 17.7 Å². The van der Waals surface area contributed by atoms with Crippen LogP contribution < -0.4 is 10.1 Å². The molecule has 6 heteroatoms. The molecule has 0 spiro atoms. The fraction of sp³-hybridized carbons (Fsp3) is 0.400. The van der Waals surface area contributed by atoms with Gasteiger partial charge in [-0.25, -0.2) is 4.79 Å². The first kappa shape index (κ1) is 18.6. The van der Waals surface area contributed by atoms with Gasteiger partial charge in [-0.1, -0.05) is 30.3 Å². The number of nitrogens with zero attached hydrogens (tertiary/aromatic N) is 2. The summed E-state index contributed by atoms with van der Waals surface area (Å²) in [7, 11) is 0. The van der Waals surface area contributed by atoms with Crippen LogP contribution in [-0.4, -0.2) is 47.4 Å². The Balaban J connectivity index is 1.29. The highest BCUT2D eigenvalue weighted by atomic mass is 32.2. The van der Waals surface area contributed by atoms with Gasteiger partial charge >= 0.3 is 6.03 Å². The Hall–Kier alpha value is -2.21. The molecule has 0 unspecified atom stereocenters. The van der Waals surface area contributed by atoms with Crippen molar-refractivity contribution < 1.29 is 9.53 Å². The Morgan fingerprint density at radius 3 is 2.62 bits per heavy atom. The zero-order chi connectivity index (χ0) is 18.0. The average Bonchev–Trinajstić information content (AvgIpc) is 2.70. The molecule has 1 N–H and O–H groups in total. The van der Waals surface area contributed by atoms with Gasteiger partial charge in [0.2, 0.25) is 0 Å². The van der Waals surface area contributed by atoms with Crippen molar-refractivity contribution in [1.29, 1.82) is 0 Å². The molecule has 0 radical (unpaired) electrons. The van der Waals surface area contributed by atoms with Crippen LogP contribution in [0.15, 0.2) is 54.9 Å². The molecule has 0 saturated carbocycles. The largest absolute Gasteiger partial charge is 0.490 e. The number of hydrogen-bond acceptors (Lipinski definition) is 4. The van der Waals surface area contributed by atoms with Crippen LogP contribution in [0.4, 0.5) is 4.79 Å². The van der Waals surface area contributed by atoms with Crippen LogP contribution in [0.25, 0.3) is 0 Å². The Morgan fingerprint density at radius 2 is 1.88 bits per heavy atom. The second-order valence-electron chi connectivity index (χ2n) is 6.26. The predicted octanol–water partition coefficient (Wildman–Crippen LogP) is 3.57. The van der Waals surface area contributed by atoms with E-state index in [0.717, 1.165) is 43.2 Å². The lowest BCUT2D eigenvalue weighted by atomic mass is 10.1. The number of likely N-dealkylation sites (tertiary alicyclic amines) is 1. The summed E-state index contributed by atoms with van der Waals surface area (Å²) in [5.74, 6) is 2.75. The van der Waals surface area contributed by atoms with E-state index in [1.807, 2.05) is 34.9 Å². The lowest BCUT2D eigenvalue weighted by Crippen LogP contribution is -2.46. The number of pyridine rings is 1. The van der Waals surface area contributed by atoms with Crippen molar-refractivity contribution in [2.75, 3.05) is 25.4 Å². The molecule has 1 aromatic carbocycles. The molecule has 0 bridgehead atoms. The number of aromatic nitrogens is 1. The average molecular weight is 372 g/mol. The van der Waals surface area contributed by atoms with Crippen LogP contribution >= 0.6 is 11.8 Å². The molecule has 2 heterocycles. The van der Waals surface area contributed by atoms with Crippen molar-refractivity contribution in [3.63, 3.8) is 0 Å². The number of nitrogens with one attached hydrogen (secondary N) is 1. The van der Waals surface area contributed by atoms with E-state index in [4.69, 9.17) is 4.74 Å². The van der Waals surface area contributed by atoms with Gasteiger partial charge in [0.1, 0.15) is 11.9 Å². The van der Waals surface area contributed by atoms with E-state index in [2.05, 4.69) is 34.6 Å². The summed E-state index contributed by atoms with van der Waals surface area (Å²) < 4.78 is 5.94. The molecular formula is C20H25N3O2S. The van der Waals surface area contributed by atoms with Gasteiger partial charge in [0.15, 0.2) is 0 Å². The third-order valence-corrected chi connectivity index (χ3v) is 5.35. The molecule has 138 valence electrons. The van der Waals surface area contributed by atoms with E-state index in [0.29, 0.717) is 6.54 Å². The van der Waals surface area contributed by atoms with E-state index >= 15 is 0 Å². The second kappa shape index (κ2) is 10.1. The van der Waals surface area contributed by atoms with Gasteiger partial charge in [0.05, 0.1) is 0 Å². The number of ether oxygens (including phenoxy) is 1. The first-order valence-corrected chi connectivity index (χ1v) is 10.2. The van der Waals surface area contributed by atoms with Gasteiger partial charge in [-0.3, -0.25) is 4.98 Å². The summed E-state index contributed by atoms with van der Waals surface area (Å²) in [4.78, 5) is 18.1. The number of carbonyl (C=O) groups is 1. The first-order chi connectivity index (χ1) is 12.8. The molecule has 2 aromatic rings. The van der Waals surface area contributed by atoms with Crippen molar-refractivity contribution in [3.8, 4) is 5.75 Å². The minimum absolute atomic E-state index is 0.0349. The summed E-state index contributed by atoms with van der Waals surface area (Å²) in [6, 6.07) is 14.2. The molecule has 3 rings (SSSR count). The molecule has 1 fully saturated rings. The maximum absolute atomic E-state index is 12.3. The van der Waals surface area contributed by atoms with Gasteiger partial charge in [-0.15, -0.1) is 0 Å². The van der Waals surface area contributed by atoms with Crippen molar-refractivity contribution >= 4 is 17.8 Å². The maximum Gasteiger partial charge on any atom is 0.317 e. The van der Waals surface area contributed by atoms with Crippen LogP contribution in [0, 0.1) is 0 Å². The Kier molecular flexibility index (Phi) is 7.19. The molecule has 5 nitrogen and oxygen atoms in total. The summed E-state index contributed by atoms with van der Waals surface area (Å²) in [5.41, 5.74) is 1.32. The van der Waals surface area contributed by atoms with Gasteiger partial charge in [0.25, 0.3) is 0 Å². The fourth-order valence-corrected chi connectivity index (χ4v) is 3.71. The second-order valence-corrected chi connectivity index (χ2v) is 7.36. The van der Waals surface area contributed by atoms with E-state index in [-0.39, 0.29) is 12.1 Å². The molecule has 0 aliphatic carbocycles. The van der Waals surface area contributed by atoms with E-state index < -0.39 is 0 Å². The van der Waals surface area contributed by atoms with Crippen LogP contribution in [0.3, 0.4) is 0 Å². The van der Waals surface area contributed by atoms with E-state index in [9.17, 15) is 4.79 Å². The van der Waals surface area contributed by atoms with E-state index in [1.54, 1.807) is 12.4 Å². The minimum Gasteiger partial charge on any atom is -0.490 e. The van der Waals surface area contributed by atoms with Crippen LogP contribution in [0.5, 0.6) is 5.75 Å². The van der Waals surface area contributed by atoms with Crippen LogP contribution in [-0.2, 0) is 5.75 Å². The molecule has 1 aliphatic heterocycles. The van der Waals surface area contributed by atoms with Crippen molar-refractivity contribution in [2.24, 2.45) is 0 Å². The number of rotatable bonds is 7. The standard InChI is InChI=1S/C20H25N3O2S/c24-20(22-12-15-26-16-17-4-2-1-3-5-17)23-13-8-19(9-14-23)25-18-6-10-21-11-7-18/h1-7,10-11,19H,8-9,12-16H2,(H,22,24). The highest BCUT2D eigenvalue weighted by Crippen LogP contribution is 2.18. The number of carbonyl (C=O) groups excluding carboxylic acids is 1. The van der Waals surface area contributed by atoms with Crippen molar-refractivity contribution in [1.82, 2.24) is 15.2 Å². The number of hydrogen-bond donors (Lipinski definition) is 1. The van der Waals surface area contributed by atoms with E-state index in [1.165, 1.54) is 5.56 Å². The fourth-order valence-electron chi connectivity index (χ4n) is 2.89. The highest BCUT2D eigenvalue weighted by Gasteiger charge is 2.23. The number of piperidine rings is 1. The summed E-state index contributed by atoms with van der Waals surface area (Å²) in [6.45, 7) is 2.17. The zero-order valence-electron chi connectivity index (χ0n) is 14.8. The first-order valence-electron chi connectivity index (χ1n) is 9.02. The van der Waals surface area contributed by atoms with Crippen LogP contribution in [0.1, 0.15) is 18.4 Å². The van der Waals surface area contributed by atoms with Crippen molar-refractivity contribution in [3.05, 3.63) is 60.4 Å². The Labute approximate surface area is 159 Å². The number of thioether (sulfide) groups is 1. The molecule has 26 heavy (non-hydrogen) atoms. The molecule has 2 amide bonds. The van der Waals surface area contributed by atoms with Gasteiger partial charge in [-0.2, -0.15) is 11.8 Å². The zero-order valence-corrected chi connectivity index (χ0v) is 15.7. The predicted molar refractivity (Wildman–Crippen MR) is 105 cm³/mol. The third-order valence-electron chi connectivity index (χ3n) is 4.32. The Bertz CT molecular complexity index is 661. The molecular weight excluding hydrogens is 346 g/mol. The monoisotopic (exact) mass is 371 g/mol. The number of urea groups is 1. The lowest BCUT2D eigenvalue weighted by Gasteiger charge is -2.32. The maximum atomic E-state index is 12.3.